The summed E-state index contributed by atoms with van der Waals surface area (Å²) in [7, 11) is 0. The van der Waals surface area contributed by atoms with Gasteiger partial charge in [-0.25, -0.2) is 4.68 Å². The third kappa shape index (κ3) is 4.70. The van der Waals surface area contributed by atoms with Crippen LogP contribution in [0.5, 0.6) is 0 Å². The standard InChI is InChI=1S/C24H22F3N5O/c1-17-3-7-20(8-4-17)32-22(24(25,26)27)21(16-29-32)23(33)31-12-2-11-30(13-14-31)19-9-5-18(15-28)6-10-19/h3-10,16H,2,11-14H2,1H3. The van der Waals surface area contributed by atoms with Gasteiger partial charge in [0.05, 0.1) is 29.1 Å². The summed E-state index contributed by atoms with van der Waals surface area (Å²) >= 11 is 0. The van der Waals surface area contributed by atoms with Gasteiger partial charge in [-0.3, -0.25) is 4.79 Å². The van der Waals surface area contributed by atoms with Crippen LogP contribution in [0, 0.1) is 18.3 Å². The van der Waals surface area contributed by atoms with Crippen LogP contribution in [-0.4, -0.2) is 46.8 Å². The molecule has 4 rings (SSSR count). The fraction of sp³-hybridized carbons (Fsp3) is 0.292. The first-order valence-corrected chi connectivity index (χ1v) is 10.5. The number of aromatic nitrogens is 2. The highest BCUT2D eigenvalue weighted by atomic mass is 19.4. The van der Waals surface area contributed by atoms with E-state index in [0.29, 0.717) is 31.6 Å². The fourth-order valence-corrected chi connectivity index (χ4v) is 3.96. The minimum absolute atomic E-state index is 0.245. The molecule has 6 nitrogen and oxygen atoms in total. The van der Waals surface area contributed by atoms with E-state index in [0.717, 1.165) is 22.1 Å². The Morgan fingerprint density at radius 3 is 2.27 bits per heavy atom. The molecule has 0 bridgehead atoms. The summed E-state index contributed by atoms with van der Waals surface area (Å²) in [5, 5.41) is 12.9. The van der Waals surface area contributed by atoms with Crippen molar-refractivity contribution in [2.24, 2.45) is 0 Å². The van der Waals surface area contributed by atoms with E-state index in [-0.39, 0.29) is 12.2 Å². The maximum absolute atomic E-state index is 14.0. The van der Waals surface area contributed by atoms with Crippen molar-refractivity contribution in [3.63, 3.8) is 0 Å². The zero-order valence-corrected chi connectivity index (χ0v) is 18.0. The van der Waals surface area contributed by atoms with E-state index in [2.05, 4.69) is 16.1 Å². The number of hydrogen-bond donors (Lipinski definition) is 0. The van der Waals surface area contributed by atoms with Crippen molar-refractivity contribution in [3.05, 3.63) is 77.1 Å². The molecular formula is C24H22F3N5O. The van der Waals surface area contributed by atoms with E-state index in [1.807, 2.05) is 19.1 Å². The van der Waals surface area contributed by atoms with Crippen molar-refractivity contribution in [2.75, 3.05) is 31.1 Å². The van der Waals surface area contributed by atoms with Crippen LogP contribution in [0.2, 0.25) is 0 Å². The zero-order valence-electron chi connectivity index (χ0n) is 18.0. The maximum Gasteiger partial charge on any atom is 0.434 e. The summed E-state index contributed by atoms with van der Waals surface area (Å²) in [5.74, 6) is -0.678. The molecule has 2 heterocycles. The maximum atomic E-state index is 14.0. The van der Waals surface area contributed by atoms with Crippen LogP contribution in [0.3, 0.4) is 0 Å². The summed E-state index contributed by atoms with van der Waals surface area (Å²) in [5.41, 5.74) is 1.10. The van der Waals surface area contributed by atoms with Crippen LogP contribution in [-0.2, 0) is 6.18 Å². The van der Waals surface area contributed by atoms with Crippen molar-refractivity contribution < 1.29 is 18.0 Å². The predicted molar refractivity (Wildman–Crippen MR) is 117 cm³/mol. The van der Waals surface area contributed by atoms with Gasteiger partial charge in [0.1, 0.15) is 0 Å². The normalized spacial score (nSPS) is 14.6. The van der Waals surface area contributed by atoms with Gasteiger partial charge in [0.2, 0.25) is 0 Å². The topological polar surface area (TPSA) is 65.2 Å². The second-order valence-corrected chi connectivity index (χ2v) is 7.94. The van der Waals surface area contributed by atoms with Gasteiger partial charge >= 0.3 is 6.18 Å². The molecule has 1 saturated heterocycles. The molecule has 1 fully saturated rings. The zero-order chi connectivity index (χ0) is 23.6. The Balaban J connectivity index is 1.57. The molecular weight excluding hydrogens is 431 g/mol. The lowest BCUT2D eigenvalue weighted by Crippen LogP contribution is -2.36. The number of carbonyl (C=O) groups is 1. The second kappa shape index (κ2) is 8.98. The van der Waals surface area contributed by atoms with Crippen LogP contribution in [0.15, 0.2) is 54.7 Å². The second-order valence-electron chi connectivity index (χ2n) is 7.94. The van der Waals surface area contributed by atoms with Gasteiger partial charge in [-0.15, -0.1) is 0 Å². The van der Waals surface area contributed by atoms with Gasteiger partial charge in [-0.1, -0.05) is 17.7 Å². The van der Waals surface area contributed by atoms with Gasteiger partial charge in [-0.2, -0.15) is 23.5 Å². The van der Waals surface area contributed by atoms with Crippen LogP contribution in [0.1, 0.15) is 33.6 Å². The molecule has 0 atom stereocenters. The van der Waals surface area contributed by atoms with E-state index in [1.165, 1.54) is 4.90 Å². The minimum atomic E-state index is -4.74. The molecule has 0 N–H and O–H groups in total. The number of benzene rings is 2. The number of carbonyl (C=O) groups excluding carboxylic acids is 1. The summed E-state index contributed by atoms with van der Waals surface area (Å²) in [6, 6.07) is 15.7. The molecule has 33 heavy (non-hydrogen) atoms. The summed E-state index contributed by atoms with van der Waals surface area (Å²) < 4.78 is 42.8. The Hall–Kier alpha value is -3.80. The number of nitriles is 1. The molecule has 1 aliphatic rings. The molecule has 3 aromatic rings. The monoisotopic (exact) mass is 453 g/mol. The highest BCUT2D eigenvalue weighted by Gasteiger charge is 2.41. The molecule has 0 radical (unpaired) electrons. The number of amides is 1. The Kier molecular flexibility index (Phi) is 6.09. The van der Waals surface area contributed by atoms with E-state index in [9.17, 15) is 18.0 Å². The number of halogens is 3. The lowest BCUT2D eigenvalue weighted by molar-refractivity contribution is -0.143. The smallest absolute Gasteiger partial charge is 0.370 e. The first-order valence-electron chi connectivity index (χ1n) is 10.5. The predicted octanol–water partition coefficient (Wildman–Crippen LogP) is 4.42. The molecule has 0 unspecified atom stereocenters. The average Bonchev–Trinajstić information content (AvgIpc) is 3.11. The highest BCUT2D eigenvalue weighted by molar-refractivity contribution is 5.95. The molecule has 9 heteroatoms. The van der Waals surface area contributed by atoms with Gasteiger partial charge in [-0.05, 0) is 49.7 Å². The van der Waals surface area contributed by atoms with E-state index >= 15 is 0 Å². The van der Waals surface area contributed by atoms with Crippen molar-refractivity contribution >= 4 is 11.6 Å². The molecule has 170 valence electrons. The fourth-order valence-electron chi connectivity index (χ4n) is 3.96. The van der Waals surface area contributed by atoms with Gasteiger partial charge in [0.15, 0.2) is 5.69 Å². The number of hydrogen-bond acceptors (Lipinski definition) is 4. The third-order valence-electron chi connectivity index (χ3n) is 5.69. The summed E-state index contributed by atoms with van der Waals surface area (Å²) in [6.45, 7) is 3.60. The Labute approximate surface area is 189 Å². The first-order chi connectivity index (χ1) is 15.8. The van der Waals surface area contributed by atoms with Crippen LogP contribution < -0.4 is 4.90 Å². The highest BCUT2D eigenvalue weighted by Crippen LogP contribution is 2.34. The van der Waals surface area contributed by atoms with Crippen molar-refractivity contribution in [1.29, 1.82) is 5.26 Å². The van der Waals surface area contributed by atoms with Gasteiger partial charge in [0.25, 0.3) is 5.91 Å². The first kappa shape index (κ1) is 22.4. The number of rotatable bonds is 3. The molecule has 2 aromatic carbocycles. The van der Waals surface area contributed by atoms with Crippen LogP contribution in [0.4, 0.5) is 18.9 Å². The molecule has 0 spiro atoms. The lowest BCUT2D eigenvalue weighted by atomic mass is 10.2. The van der Waals surface area contributed by atoms with E-state index in [4.69, 9.17) is 5.26 Å². The molecule has 1 aromatic heterocycles. The number of alkyl halides is 3. The van der Waals surface area contributed by atoms with E-state index in [1.54, 1.807) is 36.4 Å². The summed E-state index contributed by atoms with van der Waals surface area (Å²) in [6.07, 6.45) is -3.12. The van der Waals surface area contributed by atoms with Crippen molar-refractivity contribution in [1.82, 2.24) is 14.7 Å². The largest absolute Gasteiger partial charge is 0.434 e. The number of nitrogens with zero attached hydrogens (tertiary/aromatic N) is 5. The minimum Gasteiger partial charge on any atom is -0.370 e. The Morgan fingerprint density at radius 1 is 0.970 bits per heavy atom. The third-order valence-corrected chi connectivity index (χ3v) is 5.69. The molecule has 1 amide bonds. The quantitative estimate of drug-likeness (QED) is 0.589. The average molecular weight is 453 g/mol. The van der Waals surface area contributed by atoms with Crippen molar-refractivity contribution in [2.45, 2.75) is 19.5 Å². The Bertz CT molecular complexity index is 1180. The van der Waals surface area contributed by atoms with Crippen LogP contribution in [0.25, 0.3) is 5.69 Å². The van der Waals surface area contributed by atoms with E-state index < -0.39 is 23.3 Å². The molecule has 1 aliphatic heterocycles. The van der Waals surface area contributed by atoms with Gasteiger partial charge < -0.3 is 9.80 Å². The summed E-state index contributed by atoms with van der Waals surface area (Å²) in [4.78, 5) is 16.7. The Morgan fingerprint density at radius 2 is 1.64 bits per heavy atom. The number of anilines is 1. The molecule has 0 aliphatic carbocycles. The SMILES string of the molecule is Cc1ccc(-n2ncc(C(=O)N3CCCN(c4ccc(C#N)cc4)CC3)c2C(F)(F)F)cc1. The van der Waals surface area contributed by atoms with Crippen LogP contribution >= 0.6 is 0 Å². The lowest BCUT2D eigenvalue weighted by Gasteiger charge is -2.24. The van der Waals surface area contributed by atoms with Crippen molar-refractivity contribution in [3.8, 4) is 11.8 Å². The number of aryl methyl sites for hydroxylation is 1. The van der Waals surface area contributed by atoms with Gasteiger partial charge in [0, 0.05) is 31.9 Å². The molecule has 0 saturated carbocycles.